The number of hydrogen-bond acceptors (Lipinski definition) is 5. The first-order chi connectivity index (χ1) is 8.66. The number of carbonyl (C=O) groups excluding carboxylic acids is 1. The second-order valence-electron chi connectivity index (χ2n) is 5.03. The zero-order valence-corrected chi connectivity index (χ0v) is 10.4. The maximum Gasteiger partial charge on any atom is 0.410 e. The van der Waals surface area contributed by atoms with Gasteiger partial charge in [0, 0.05) is 6.61 Å². The van der Waals surface area contributed by atoms with Crippen LogP contribution in [0.15, 0.2) is 0 Å². The molecule has 18 heavy (non-hydrogen) atoms. The van der Waals surface area contributed by atoms with E-state index >= 15 is 0 Å². The van der Waals surface area contributed by atoms with Crippen molar-refractivity contribution in [2.45, 2.75) is 56.4 Å². The van der Waals surface area contributed by atoms with E-state index in [4.69, 9.17) is 9.84 Å². The Labute approximate surface area is 106 Å². The van der Waals surface area contributed by atoms with Crippen LogP contribution in [0.25, 0.3) is 0 Å². The summed E-state index contributed by atoms with van der Waals surface area (Å²) in [7, 11) is 0. The molecule has 2 saturated heterocycles. The van der Waals surface area contributed by atoms with E-state index in [1.165, 1.54) is 4.90 Å². The molecule has 0 spiro atoms. The number of unbranched alkanes of at least 4 members (excludes halogenated alkanes) is 3. The molecule has 0 radical (unpaired) electrons. The maximum atomic E-state index is 11.5. The normalized spacial score (nSPS) is 34.8. The highest BCUT2D eigenvalue weighted by Gasteiger charge is 2.53. The molecule has 2 aliphatic rings. The largest absolute Gasteiger partial charge is 0.447 e. The number of amides is 1. The quantitative estimate of drug-likeness (QED) is 0.577. The molecule has 0 aromatic carbocycles. The molecule has 1 amide bonds. The Balaban J connectivity index is 1.84. The van der Waals surface area contributed by atoms with Gasteiger partial charge in [0.25, 0.3) is 0 Å². The fourth-order valence-electron chi connectivity index (χ4n) is 2.84. The summed E-state index contributed by atoms with van der Waals surface area (Å²) in [6, 6.07) is -0.732. The highest BCUT2D eigenvalue weighted by atomic mass is 16.6. The third-order valence-electron chi connectivity index (χ3n) is 3.85. The molecule has 2 rings (SSSR count). The Morgan fingerprint density at radius 1 is 1.17 bits per heavy atom. The smallest absolute Gasteiger partial charge is 0.410 e. The molecule has 0 saturated carbocycles. The van der Waals surface area contributed by atoms with E-state index in [2.05, 4.69) is 0 Å². The van der Waals surface area contributed by atoms with E-state index in [1.807, 2.05) is 0 Å². The molecule has 104 valence electrons. The molecular formula is C12H21NO5. The van der Waals surface area contributed by atoms with Crippen LogP contribution in [0.5, 0.6) is 0 Å². The molecule has 0 aromatic heterocycles. The molecule has 0 bridgehead atoms. The highest BCUT2D eigenvalue weighted by Crippen LogP contribution is 2.33. The van der Waals surface area contributed by atoms with Crippen LogP contribution in [-0.4, -0.2) is 63.8 Å². The Morgan fingerprint density at radius 3 is 2.61 bits per heavy atom. The lowest BCUT2D eigenvalue weighted by atomic mass is 10.0. The van der Waals surface area contributed by atoms with E-state index in [0.717, 1.165) is 25.7 Å². The summed E-state index contributed by atoms with van der Waals surface area (Å²) in [4.78, 5) is 13.0. The summed E-state index contributed by atoms with van der Waals surface area (Å²) >= 11 is 0. The van der Waals surface area contributed by atoms with Crippen molar-refractivity contribution in [1.29, 1.82) is 0 Å². The SMILES string of the molecule is O=C1OC[C@H]2[C@H](O)[C@@H](O)[C@H](CCCCCCO)N12. The molecule has 6 heteroatoms. The van der Waals surface area contributed by atoms with Gasteiger partial charge < -0.3 is 20.1 Å². The molecule has 2 heterocycles. The molecule has 3 N–H and O–H groups in total. The van der Waals surface area contributed by atoms with Crippen molar-refractivity contribution in [2.75, 3.05) is 13.2 Å². The molecule has 4 atom stereocenters. The van der Waals surface area contributed by atoms with Crippen LogP contribution in [0.3, 0.4) is 0 Å². The number of cyclic esters (lactones) is 1. The van der Waals surface area contributed by atoms with Crippen LogP contribution in [0, 0.1) is 0 Å². The summed E-state index contributed by atoms with van der Waals surface area (Å²) in [5.74, 6) is 0. The average molecular weight is 259 g/mol. The van der Waals surface area contributed by atoms with Crippen molar-refractivity contribution in [1.82, 2.24) is 4.90 Å². The predicted octanol–water partition coefficient (Wildman–Crippen LogP) is -0.146. The number of fused-ring (bicyclic) bond motifs is 1. The van der Waals surface area contributed by atoms with Gasteiger partial charge in [0.2, 0.25) is 0 Å². The topological polar surface area (TPSA) is 90.2 Å². The predicted molar refractivity (Wildman–Crippen MR) is 62.9 cm³/mol. The molecule has 6 nitrogen and oxygen atoms in total. The fraction of sp³-hybridized carbons (Fsp3) is 0.917. The zero-order chi connectivity index (χ0) is 13.1. The van der Waals surface area contributed by atoms with Gasteiger partial charge in [-0.15, -0.1) is 0 Å². The second-order valence-corrected chi connectivity index (χ2v) is 5.03. The first-order valence-electron chi connectivity index (χ1n) is 6.59. The lowest BCUT2D eigenvalue weighted by molar-refractivity contribution is 0.0168. The number of nitrogens with zero attached hydrogens (tertiary/aromatic N) is 1. The summed E-state index contributed by atoms with van der Waals surface area (Å²) in [5.41, 5.74) is 0. The van der Waals surface area contributed by atoms with Gasteiger partial charge in [0.05, 0.1) is 12.1 Å². The van der Waals surface area contributed by atoms with Crippen LogP contribution in [0.2, 0.25) is 0 Å². The Morgan fingerprint density at radius 2 is 1.89 bits per heavy atom. The number of rotatable bonds is 6. The first-order valence-corrected chi connectivity index (χ1v) is 6.59. The molecule has 0 aliphatic carbocycles. The van der Waals surface area contributed by atoms with Crippen molar-refractivity contribution >= 4 is 6.09 Å². The lowest BCUT2D eigenvalue weighted by Gasteiger charge is -2.22. The number of ether oxygens (including phenoxy) is 1. The Kier molecular flexibility index (Phi) is 4.42. The third kappa shape index (κ3) is 2.46. The fourth-order valence-corrected chi connectivity index (χ4v) is 2.84. The van der Waals surface area contributed by atoms with Gasteiger partial charge in [0.15, 0.2) is 0 Å². The minimum absolute atomic E-state index is 0.165. The van der Waals surface area contributed by atoms with Crippen molar-refractivity contribution in [3.63, 3.8) is 0 Å². The minimum atomic E-state index is -0.904. The average Bonchev–Trinajstić information content (AvgIpc) is 2.84. The number of aliphatic hydroxyl groups is 3. The van der Waals surface area contributed by atoms with Gasteiger partial charge in [-0.25, -0.2) is 4.79 Å². The minimum Gasteiger partial charge on any atom is -0.447 e. The maximum absolute atomic E-state index is 11.5. The Hall–Kier alpha value is -0.850. The van der Waals surface area contributed by atoms with Gasteiger partial charge in [-0.2, -0.15) is 0 Å². The van der Waals surface area contributed by atoms with Crippen molar-refractivity contribution in [3.8, 4) is 0 Å². The lowest BCUT2D eigenvalue weighted by Crippen LogP contribution is -2.38. The van der Waals surface area contributed by atoms with E-state index in [0.29, 0.717) is 6.42 Å². The first kappa shape index (κ1) is 13.6. The second kappa shape index (κ2) is 5.86. The van der Waals surface area contributed by atoms with E-state index in [-0.39, 0.29) is 19.3 Å². The van der Waals surface area contributed by atoms with E-state index in [9.17, 15) is 15.0 Å². The number of carbonyl (C=O) groups is 1. The van der Waals surface area contributed by atoms with Gasteiger partial charge >= 0.3 is 6.09 Å². The molecule has 0 unspecified atom stereocenters. The van der Waals surface area contributed by atoms with Crippen LogP contribution in [0.1, 0.15) is 32.1 Å². The molecule has 2 fully saturated rings. The monoisotopic (exact) mass is 259 g/mol. The summed E-state index contributed by atoms with van der Waals surface area (Å²) in [6.07, 6.45) is 1.99. The zero-order valence-electron chi connectivity index (χ0n) is 10.4. The van der Waals surface area contributed by atoms with Crippen LogP contribution < -0.4 is 0 Å². The van der Waals surface area contributed by atoms with Crippen LogP contribution in [-0.2, 0) is 4.74 Å². The van der Waals surface area contributed by atoms with Crippen molar-refractivity contribution < 1.29 is 24.9 Å². The highest BCUT2D eigenvalue weighted by molar-refractivity contribution is 5.71. The molecule has 0 aromatic rings. The van der Waals surface area contributed by atoms with E-state index < -0.39 is 24.3 Å². The number of aliphatic hydroxyl groups excluding tert-OH is 3. The van der Waals surface area contributed by atoms with Gasteiger partial charge in [-0.3, -0.25) is 4.90 Å². The van der Waals surface area contributed by atoms with E-state index in [1.54, 1.807) is 0 Å². The summed E-state index contributed by atoms with van der Waals surface area (Å²) in [5, 5.41) is 28.5. The summed E-state index contributed by atoms with van der Waals surface area (Å²) < 4.78 is 4.90. The third-order valence-corrected chi connectivity index (χ3v) is 3.85. The Bertz CT molecular complexity index is 298. The number of hydrogen-bond donors (Lipinski definition) is 3. The van der Waals surface area contributed by atoms with Crippen molar-refractivity contribution in [3.05, 3.63) is 0 Å². The molecular weight excluding hydrogens is 238 g/mol. The van der Waals surface area contributed by atoms with Gasteiger partial charge in [-0.05, 0) is 12.8 Å². The van der Waals surface area contributed by atoms with Crippen molar-refractivity contribution in [2.24, 2.45) is 0 Å². The standard InChI is InChI=1S/C12H21NO5/c14-6-4-2-1-3-5-8-10(15)11(16)9-7-18-12(17)13(8)9/h8-11,14-16H,1-7H2/t8-,9-,10-,11-/m0/s1. The van der Waals surface area contributed by atoms with Crippen LogP contribution >= 0.6 is 0 Å². The van der Waals surface area contributed by atoms with Crippen LogP contribution in [0.4, 0.5) is 4.79 Å². The van der Waals surface area contributed by atoms with Gasteiger partial charge in [-0.1, -0.05) is 19.3 Å². The van der Waals surface area contributed by atoms with Gasteiger partial charge in [0.1, 0.15) is 18.8 Å². The molecule has 2 aliphatic heterocycles. The summed E-state index contributed by atoms with van der Waals surface area (Å²) in [6.45, 7) is 0.364.